The Morgan fingerprint density at radius 1 is 1.14 bits per heavy atom. The smallest absolute Gasteiger partial charge is 0.234 e. The van der Waals surface area contributed by atoms with Crippen LogP contribution in [-0.2, 0) is 9.59 Å². The summed E-state index contributed by atoms with van der Waals surface area (Å²) in [6, 6.07) is 0. The first-order valence-electron chi connectivity index (χ1n) is 8.41. The van der Waals surface area contributed by atoms with Crippen LogP contribution >= 0.6 is 0 Å². The van der Waals surface area contributed by atoms with Crippen LogP contribution < -0.4 is 5.32 Å². The summed E-state index contributed by atoms with van der Waals surface area (Å²) in [7, 11) is 0. The van der Waals surface area contributed by atoms with Crippen molar-refractivity contribution in [2.75, 3.05) is 39.3 Å². The Bertz CT molecular complexity index is 400. The van der Waals surface area contributed by atoms with E-state index in [1.54, 1.807) is 0 Å². The highest BCUT2D eigenvalue weighted by Crippen LogP contribution is 2.39. The van der Waals surface area contributed by atoms with Crippen molar-refractivity contribution in [3.05, 3.63) is 0 Å². The molecule has 1 aliphatic heterocycles. The third-order valence-electron chi connectivity index (χ3n) is 5.29. The van der Waals surface area contributed by atoms with Crippen molar-refractivity contribution in [3.63, 3.8) is 0 Å². The minimum atomic E-state index is 0.137. The van der Waals surface area contributed by atoms with Crippen LogP contribution in [0.3, 0.4) is 0 Å². The average molecular weight is 293 g/mol. The van der Waals surface area contributed by atoms with E-state index in [9.17, 15) is 9.59 Å². The van der Waals surface area contributed by atoms with Gasteiger partial charge in [0.15, 0.2) is 0 Å². The second kappa shape index (κ2) is 6.34. The van der Waals surface area contributed by atoms with Gasteiger partial charge in [-0.2, -0.15) is 0 Å². The average Bonchev–Trinajstić information content (AvgIpc) is 3.14. The highest BCUT2D eigenvalue weighted by Gasteiger charge is 2.41. The van der Waals surface area contributed by atoms with E-state index in [-0.39, 0.29) is 11.8 Å². The minimum absolute atomic E-state index is 0.137. The van der Waals surface area contributed by atoms with Gasteiger partial charge >= 0.3 is 0 Å². The maximum Gasteiger partial charge on any atom is 0.234 e. The van der Waals surface area contributed by atoms with Crippen LogP contribution in [0.15, 0.2) is 0 Å². The molecule has 2 atom stereocenters. The van der Waals surface area contributed by atoms with Crippen LogP contribution in [0.2, 0.25) is 0 Å². The Kier molecular flexibility index (Phi) is 4.48. The van der Waals surface area contributed by atoms with Crippen molar-refractivity contribution in [1.82, 2.24) is 15.1 Å². The number of rotatable bonds is 5. The van der Waals surface area contributed by atoms with Crippen LogP contribution in [0.5, 0.6) is 0 Å². The second-order valence-corrected chi connectivity index (χ2v) is 7.02. The van der Waals surface area contributed by atoms with Crippen LogP contribution in [0, 0.1) is 17.8 Å². The zero-order valence-corrected chi connectivity index (χ0v) is 13.0. The van der Waals surface area contributed by atoms with Crippen LogP contribution in [0.25, 0.3) is 0 Å². The van der Waals surface area contributed by atoms with Crippen LogP contribution in [0.4, 0.5) is 0 Å². The summed E-state index contributed by atoms with van der Waals surface area (Å²) in [4.78, 5) is 28.2. The van der Waals surface area contributed by atoms with Gasteiger partial charge in [-0.3, -0.25) is 14.5 Å². The molecule has 0 aromatic rings. The molecule has 2 saturated carbocycles. The predicted octanol–water partition coefficient (Wildman–Crippen LogP) is 0.703. The first-order chi connectivity index (χ1) is 10.1. The maximum absolute atomic E-state index is 12.1. The third-order valence-corrected chi connectivity index (χ3v) is 5.29. The molecule has 0 radical (unpaired) electrons. The number of hydrogen-bond donors (Lipinski definition) is 1. The molecule has 1 N–H and O–H groups in total. The summed E-state index contributed by atoms with van der Waals surface area (Å²) in [5.74, 6) is 2.04. The molecule has 0 spiro atoms. The van der Waals surface area contributed by atoms with Gasteiger partial charge in [0.05, 0.1) is 6.54 Å². The number of nitrogens with one attached hydrogen (secondary N) is 1. The summed E-state index contributed by atoms with van der Waals surface area (Å²) < 4.78 is 0. The lowest BCUT2D eigenvalue weighted by Gasteiger charge is -2.34. The third kappa shape index (κ3) is 3.76. The minimum Gasteiger partial charge on any atom is -0.355 e. The van der Waals surface area contributed by atoms with E-state index in [0.717, 1.165) is 39.1 Å². The number of nitrogens with zero attached hydrogens (tertiary/aromatic N) is 2. The molecule has 3 rings (SSSR count). The van der Waals surface area contributed by atoms with E-state index >= 15 is 0 Å². The molecule has 0 aromatic heterocycles. The Labute approximate surface area is 127 Å². The number of amides is 2. The first kappa shape index (κ1) is 14.8. The Hall–Kier alpha value is -1.10. The molecule has 3 aliphatic rings. The normalized spacial score (nSPS) is 29.9. The van der Waals surface area contributed by atoms with Gasteiger partial charge in [-0.1, -0.05) is 13.3 Å². The van der Waals surface area contributed by atoms with E-state index in [4.69, 9.17) is 0 Å². The van der Waals surface area contributed by atoms with E-state index in [1.807, 2.05) is 4.90 Å². The van der Waals surface area contributed by atoms with Gasteiger partial charge in [0.1, 0.15) is 0 Å². The Morgan fingerprint density at radius 3 is 2.33 bits per heavy atom. The highest BCUT2D eigenvalue weighted by atomic mass is 16.2. The zero-order valence-electron chi connectivity index (χ0n) is 13.0. The molecule has 3 fully saturated rings. The lowest BCUT2D eigenvalue weighted by atomic mass is 9.85. The summed E-state index contributed by atoms with van der Waals surface area (Å²) in [5.41, 5.74) is 0. The fourth-order valence-electron chi connectivity index (χ4n) is 3.24. The van der Waals surface area contributed by atoms with Gasteiger partial charge in [0, 0.05) is 38.6 Å². The van der Waals surface area contributed by atoms with Gasteiger partial charge in [-0.05, 0) is 31.1 Å². The maximum atomic E-state index is 12.1. The number of piperazine rings is 1. The van der Waals surface area contributed by atoms with Crippen molar-refractivity contribution in [3.8, 4) is 0 Å². The highest BCUT2D eigenvalue weighted by molar-refractivity contribution is 5.82. The molecule has 21 heavy (non-hydrogen) atoms. The van der Waals surface area contributed by atoms with Gasteiger partial charge in [0.2, 0.25) is 11.8 Å². The molecule has 1 saturated heterocycles. The number of hydrogen-bond acceptors (Lipinski definition) is 3. The van der Waals surface area contributed by atoms with Crippen molar-refractivity contribution in [2.24, 2.45) is 17.8 Å². The lowest BCUT2D eigenvalue weighted by molar-refractivity contribution is -0.134. The van der Waals surface area contributed by atoms with Crippen LogP contribution in [-0.4, -0.2) is 60.9 Å². The second-order valence-electron chi connectivity index (χ2n) is 7.02. The summed E-state index contributed by atoms with van der Waals surface area (Å²) >= 11 is 0. The van der Waals surface area contributed by atoms with E-state index < -0.39 is 0 Å². The molecule has 118 valence electrons. The largest absolute Gasteiger partial charge is 0.355 e. The fourth-order valence-corrected chi connectivity index (χ4v) is 3.24. The van der Waals surface area contributed by atoms with Crippen molar-refractivity contribution < 1.29 is 9.59 Å². The molecule has 5 nitrogen and oxygen atoms in total. The molecule has 5 heteroatoms. The molecule has 0 aromatic carbocycles. The fraction of sp³-hybridized carbons (Fsp3) is 0.875. The lowest BCUT2D eigenvalue weighted by Crippen LogP contribution is -2.51. The monoisotopic (exact) mass is 293 g/mol. The first-order valence-corrected chi connectivity index (χ1v) is 8.41. The van der Waals surface area contributed by atoms with E-state index in [1.165, 1.54) is 19.3 Å². The Balaban J connectivity index is 1.33. The van der Waals surface area contributed by atoms with Gasteiger partial charge in [-0.25, -0.2) is 0 Å². The summed E-state index contributed by atoms with van der Waals surface area (Å²) in [6.07, 6.45) is 4.90. The van der Waals surface area contributed by atoms with Crippen molar-refractivity contribution in [2.45, 2.75) is 32.6 Å². The van der Waals surface area contributed by atoms with Gasteiger partial charge in [0.25, 0.3) is 0 Å². The standard InChI is InChI=1S/C16H27N3O2/c1-12-9-14(12)16(21)19-7-5-18(6-8-19)11-15(20)17-10-13-3-2-4-13/h12-14H,2-11H2,1H3,(H,17,20)/t12-,14-/m1/s1. The van der Waals surface area contributed by atoms with E-state index in [0.29, 0.717) is 24.3 Å². The predicted molar refractivity (Wildman–Crippen MR) is 80.6 cm³/mol. The van der Waals surface area contributed by atoms with Gasteiger partial charge in [-0.15, -0.1) is 0 Å². The number of carbonyl (C=O) groups is 2. The quantitative estimate of drug-likeness (QED) is 0.812. The SMILES string of the molecule is C[C@@H]1C[C@H]1C(=O)N1CCN(CC(=O)NCC2CCC2)CC1. The molecule has 1 heterocycles. The topological polar surface area (TPSA) is 52.7 Å². The zero-order chi connectivity index (χ0) is 14.8. The molecular weight excluding hydrogens is 266 g/mol. The summed E-state index contributed by atoms with van der Waals surface area (Å²) in [6.45, 7) is 6.67. The molecule has 0 bridgehead atoms. The molecule has 0 unspecified atom stereocenters. The van der Waals surface area contributed by atoms with Crippen LogP contribution in [0.1, 0.15) is 32.6 Å². The number of carbonyl (C=O) groups excluding carboxylic acids is 2. The van der Waals surface area contributed by atoms with E-state index in [2.05, 4.69) is 17.1 Å². The van der Waals surface area contributed by atoms with Crippen molar-refractivity contribution in [1.29, 1.82) is 0 Å². The molecule has 2 amide bonds. The molecular formula is C16H27N3O2. The summed E-state index contributed by atoms with van der Waals surface area (Å²) in [5, 5.41) is 3.04. The Morgan fingerprint density at radius 2 is 1.81 bits per heavy atom. The van der Waals surface area contributed by atoms with Crippen molar-refractivity contribution >= 4 is 11.8 Å². The molecule has 2 aliphatic carbocycles. The van der Waals surface area contributed by atoms with Gasteiger partial charge < -0.3 is 10.2 Å².